The van der Waals surface area contributed by atoms with Crippen molar-refractivity contribution in [3.05, 3.63) is 23.9 Å². The van der Waals surface area contributed by atoms with Crippen LogP contribution in [-0.4, -0.2) is 17.1 Å². The number of nitrogens with two attached hydrogens (primary N) is 1. The van der Waals surface area contributed by atoms with Crippen LogP contribution in [0.1, 0.15) is 18.4 Å². The molecule has 3 heteroatoms. The van der Waals surface area contributed by atoms with Crippen LogP contribution in [0.2, 0.25) is 0 Å². The number of aromatic nitrogens is 1. The summed E-state index contributed by atoms with van der Waals surface area (Å²) in [6.45, 7) is 2.04. The van der Waals surface area contributed by atoms with Crippen LogP contribution in [0.25, 0.3) is 0 Å². The van der Waals surface area contributed by atoms with E-state index < -0.39 is 0 Å². The van der Waals surface area contributed by atoms with Crippen molar-refractivity contribution < 1.29 is 0 Å². The molecule has 2 rings (SSSR count). The molecule has 0 radical (unpaired) electrons. The molecule has 1 saturated carbocycles. The fraction of sp³-hybridized carbons (Fsp3) is 0.500. The summed E-state index contributed by atoms with van der Waals surface area (Å²) >= 11 is 0. The van der Waals surface area contributed by atoms with Gasteiger partial charge in [0.1, 0.15) is 5.82 Å². The molecule has 1 aromatic rings. The van der Waals surface area contributed by atoms with Crippen LogP contribution in [0, 0.1) is 6.92 Å². The Morgan fingerprint density at radius 3 is 2.77 bits per heavy atom. The van der Waals surface area contributed by atoms with Crippen LogP contribution < -0.4 is 11.1 Å². The molecule has 13 heavy (non-hydrogen) atoms. The summed E-state index contributed by atoms with van der Waals surface area (Å²) in [5.41, 5.74) is 6.88. The minimum Gasteiger partial charge on any atom is -0.367 e. The van der Waals surface area contributed by atoms with E-state index in [9.17, 15) is 0 Å². The maximum absolute atomic E-state index is 5.69. The first-order valence-electron chi connectivity index (χ1n) is 4.69. The lowest BCUT2D eigenvalue weighted by Crippen LogP contribution is -2.44. The largest absolute Gasteiger partial charge is 0.367 e. The Labute approximate surface area is 78.4 Å². The summed E-state index contributed by atoms with van der Waals surface area (Å²) in [5, 5.41) is 3.34. The standard InChI is InChI=1S/C10H15N3/c1-7-2-3-10(12-6-7)13-9-4-8(11)5-9/h2-3,6,8-9H,4-5,11H2,1H3,(H,12,13). The quantitative estimate of drug-likeness (QED) is 0.715. The highest BCUT2D eigenvalue weighted by atomic mass is 15.0. The minimum absolute atomic E-state index is 0.392. The molecule has 1 aromatic heterocycles. The molecule has 0 atom stereocenters. The average Bonchev–Trinajstić information content (AvgIpc) is 2.06. The average molecular weight is 177 g/mol. The summed E-state index contributed by atoms with van der Waals surface area (Å²) in [6, 6.07) is 5.00. The van der Waals surface area contributed by atoms with Gasteiger partial charge < -0.3 is 11.1 Å². The van der Waals surface area contributed by atoms with E-state index in [0.29, 0.717) is 12.1 Å². The molecule has 0 amide bonds. The van der Waals surface area contributed by atoms with Crippen molar-refractivity contribution in [2.75, 3.05) is 5.32 Å². The van der Waals surface area contributed by atoms with Gasteiger partial charge in [0.15, 0.2) is 0 Å². The van der Waals surface area contributed by atoms with Crippen molar-refractivity contribution in [2.45, 2.75) is 31.8 Å². The Balaban J connectivity index is 1.91. The third-order valence-electron chi connectivity index (χ3n) is 2.44. The predicted octanol–water partition coefficient (Wildman–Crippen LogP) is 1.29. The van der Waals surface area contributed by atoms with Gasteiger partial charge in [-0.25, -0.2) is 4.98 Å². The van der Waals surface area contributed by atoms with E-state index in [1.807, 2.05) is 19.2 Å². The molecule has 3 nitrogen and oxygen atoms in total. The van der Waals surface area contributed by atoms with E-state index in [-0.39, 0.29) is 0 Å². The van der Waals surface area contributed by atoms with Crippen molar-refractivity contribution in [1.82, 2.24) is 4.98 Å². The smallest absolute Gasteiger partial charge is 0.126 e. The molecule has 0 unspecified atom stereocenters. The normalized spacial score (nSPS) is 26.6. The Kier molecular flexibility index (Phi) is 2.19. The first-order chi connectivity index (χ1) is 6.24. The number of hydrogen-bond donors (Lipinski definition) is 2. The molecule has 0 bridgehead atoms. The predicted molar refractivity (Wildman–Crippen MR) is 53.6 cm³/mol. The maximum atomic E-state index is 5.69. The highest BCUT2D eigenvalue weighted by Crippen LogP contribution is 2.21. The molecule has 0 saturated heterocycles. The zero-order valence-electron chi connectivity index (χ0n) is 7.83. The van der Waals surface area contributed by atoms with Crippen LogP contribution in [0.3, 0.4) is 0 Å². The van der Waals surface area contributed by atoms with Crippen LogP contribution in [0.15, 0.2) is 18.3 Å². The monoisotopic (exact) mass is 177 g/mol. The van der Waals surface area contributed by atoms with Crippen molar-refractivity contribution in [1.29, 1.82) is 0 Å². The van der Waals surface area contributed by atoms with Gasteiger partial charge in [-0.15, -0.1) is 0 Å². The summed E-state index contributed by atoms with van der Waals surface area (Å²) in [5.74, 6) is 0.961. The molecule has 0 aromatic carbocycles. The fourth-order valence-electron chi connectivity index (χ4n) is 1.54. The van der Waals surface area contributed by atoms with E-state index in [0.717, 1.165) is 18.7 Å². The summed E-state index contributed by atoms with van der Waals surface area (Å²) in [4.78, 5) is 4.27. The third-order valence-corrected chi connectivity index (χ3v) is 2.44. The van der Waals surface area contributed by atoms with Gasteiger partial charge in [-0.2, -0.15) is 0 Å². The number of nitrogens with zero attached hydrogens (tertiary/aromatic N) is 1. The topological polar surface area (TPSA) is 50.9 Å². The highest BCUT2D eigenvalue weighted by Gasteiger charge is 2.25. The van der Waals surface area contributed by atoms with Crippen LogP contribution in [0.4, 0.5) is 5.82 Å². The summed E-state index contributed by atoms with van der Waals surface area (Å²) in [7, 11) is 0. The molecule has 1 heterocycles. The van der Waals surface area contributed by atoms with Gasteiger partial charge in [-0.1, -0.05) is 6.07 Å². The van der Waals surface area contributed by atoms with Crippen LogP contribution >= 0.6 is 0 Å². The number of nitrogens with one attached hydrogen (secondary N) is 1. The van der Waals surface area contributed by atoms with Crippen LogP contribution in [0.5, 0.6) is 0 Å². The molecule has 1 aliphatic carbocycles. The van der Waals surface area contributed by atoms with Crippen molar-refractivity contribution in [3.63, 3.8) is 0 Å². The van der Waals surface area contributed by atoms with Gasteiger partial charge in [0.2, 0.25) is 0 Å². The van der Waals surface area contributed by atoms with Gasteiger partial charge in [-0.3, -0.25) is 0 Å². The zero-order chi connectivity index (χ0) is 9.26. The van der Waals surface area contributed by atoms with E-state index in [1.165, 1.54) is 5.56 Å². The SMILES string of the molecule is Cc1ccc(NC2CC(N)C2)nc1. The Morgan fingerprint density at radius 1 is 1.46 bits per heavy atom. The molecule has 70 valence electrons. The van der Waals surface area contributed by atoms with Gasteiger partial charge in [0.05, 0.1) is 0 Å². The zero-order valence-corrected chi connectivity index (χ0v) is 7.83. The second kappa shape index (κ2) is 3.34. The Hall–Kier alpha value is -1.09. The molecular weight excluding hydrogens is 162 g/mol. The van der Waals surface area contributed by atoms with E-state index >= 15 is 0 Å². The molecule has 0 aliphatic heterocycles. The van der Waals surface area contributed by atoms with Gasteiger partial charge in [-0.05, 0) is 31.4 Å². The van der Waals surface area contributed by atoms with Gasteiger partial charge in [0, 0.05) is 18.3 Å². The van der Waals surface area contributed by atoms with Gasteiger partial charge in [0.25, 0.3) is 0 Å². The van der Waals surface area contributed by atoms with Crippen molar-refractivity contribution in [3.8, 4) is 0 Å². The lowest BCUT2D eigenvalue weighted by Gasteiger charge is -2.33. The second-order valence-corrected chi connectivity index (χ2v) is 3.79. The summed E-state index contributed by atoms with van der Waals surface area (Å²) in [6.07, 6.45) is 4.01. The Morgan fingerprint density at radius 2 is 2.23 bits per heavy atom. The lowest BCUT2D eigenvalue weighted by atomic mass is 9.88. The molecular formula is C10H15N3. The highest BCUT2D eigenvalue weighted by molar-refractivity contribution is 5.37. The number of anilines is 1. The first-order valence-corrected chi connectivity index (χ1v) is 4.69. The number of aryl methyl sites for hydroxylation is 1. The molecule has 1 aliphatic rings. The third kappa shape index (κ3) is 1.98. The van der Waals surface area contributed by atoms with E-state index in [2.05, 4.69) is 16.4 Å². The Bertz CT molecular complexity index is 275. The van der Waals surface area contributed by atoms with E-state index in [4.69, 9.17) is 5.73 Å². The van der Waals surface area contributed by atoms with Crippen LogP contribution in [-0.2, 0) is 0 Å². The molecule has 1 fully saturated rings. The lowest BCUT2D eigenvalue weighted by molar-refractivity contribution is 0.373. The van der Waals surface area contributed by atoms with Crippen molar-refractivity contribution >= 4 is 5.82 Å². The van der Waals surface area contributed by atoms with E-state index in [1.54, 1.807) is 0 Å². The first kappa shape index (κ1) is 8.51. The maximum Gasteiger partial charge on any atom is 0.126 e. The fourth-order valence-corrected chi connectivity index (χ4v) is 1.54. The second-order valence-electron chi connectivity index (χ2n) is 3.79. The minimum atomic E-state index is 0.392. The number of rotatable bonds is 2. The number of hydrogen-bond acceptors (Lipinski definition) is 3. The van der Waals surface area contributed by atoms with Crippen molar-refractivity contribution in [2.24, 2.45) is 5.73 Å². The van der Waals surface area contributed by atoms with Gasteiger partial charge >= 0.3 is 0 Å². The molecule has 0 spiro atoms. The number of pyridine rings is 1. The molecule has 3 N–H and O–H groups in total. The summed E-state index contributed by atoms with van der Waals surface area (Å²) < 4.78 is 0.